The summed E-state index contributed by atoms with van der Waals surface area (Å²) >= 11 is 0. The summed E-state index contributed by atoms with van der Waals surface area (Å²) in [7, 11) is 0. The van der Waals surface area contributed by atoms with E-state index in [1.54, 1.807) is 0 Å². The van der Waals surface area contributed by atoms with Crippen molar-refractivity contribution in [3.05, 3.63) is 107 Å². The second-order valence-electron chi connectivity index (χ2n) is 10.6. The third-order valence-corrected chi connectivity index (χ3v) is 7.34. The highest BCUT2D eigenvalue weighted by Gasteiger charge is 2.23. The van der Waals surface area contributed by atoms with Crippen molar-refractivity contribution in [2.24, 2.45) is 11.8 Å². The van der Waals surface area contributed by atoms with E-state index in [0.29, 0.717) is 24.3 Å². The van der Waals surface area contributed by atoms with E-state index in [2.05, 4.69) is 24.3 Å². The van der Waals surface area contributed by atoms with Crippen LogP contribution in [0.5, 0.6) is 34.5 Å². The molecular weight excluding hydrogens is 536 g/mol. The Bertz CT molecular complexity index is 1360. The van der Waals surface area contributed by atoms with E-state index < -0.39 is 34.5 Å². The number of aromatic hydroxyl groups is 6. The lowest BCUT2D eigenvalue weighted by molar-refractivity contribution is 0.0578. The SMILES string of the molecule is Oc1cc(COCCC[C@H](Cc2ccccc2)[C@H](COCc2cc(O)c(O)c(O)c2)Cc2ccccc2)cc(O)c1O. The highest BCUT2D eigenvalue weighted by molar-refractivity contribution is 5.51. The summed E-state index contributed by atoms with van der Waals surface area (Å²) in [6.45, 7) is 1.27. The maximum atomic E-state index is 9.88. The highest BCUT2D eigenvalue weighted by atomic mass is 16.5. The predicted molar refractivity (Wildman–Crippen MR) is 159 cm³/mol. The fourth-order valence-corrected chi connectivity index (χ4v) is 5.15. The fourth-order valence-electron chi connectivity index (χ4n) is 5.15. The normalized spacial score (nSPS) is 12.7. The Morgan fingerprint density at radius 2 is 0.929 bits per heavy atom. The van der Waals surface area contributed by atoms with Gasteiger partial charge in [0.05, 0.1) is 19.8 Å². The Kier molecular flexibility index (Phi) is 10.9. The molecule has 4 aromatic rings. The van der Waals surface area contributed by atoms with E-state index in [-0.39, 0.29) is 25.0 Å². The first-order chi connectivity index (χ1) is 20.3. The maximum Gasteiger partial charge on any atom is 0.200 e. The van der Waals surface area contributed by atoms with Crippen LogP contribution in [0.4, 0.5) is 0 Å². The zero-order chi connectivity index (χ0) is 29.9. The number of hydrogen-bond acceptors (Lipinski definition) is 8. The molecule has 4 rings (SSSR count). The van der Waals surface area contributed by atoms with Crippen LogP contribution in [-0.2, 0) is 35.5 Å². The molecule has 0 fully saturated rings. The van der Waals surface area contributed by atoms with E-state index >= 15 is 0 Å². The number of phenols is 6. The molecule has 0 radical (unpaired) electrons. The molecule has 0 saturated heterocycles. The lowest BCUT2D eigenvalue weighted by atomic mass is 9.80. The van der Waals surface area contributed by atoms with Crippen molar-refractivity contribution < 1.29 is 40.1 Å². The van der Waals surface area contributed by atoms with E-state index in [1.807, 2.05) is 36.4 Å². The quantitative estimate of drug-likeness (QED) is 0.0734. The van der Waals surface area contributed by atoms with E-state index in [1.165, 1.54) is 35.4 Å². The number of ether oxygens (including phenoxy) is 2. The van der Waals surface area contributed by atoms with Gasteiger partial charge >= 0.3 is 0 Å². The third kappa shape index (κ3) is 8.80. The molecule has 4 aromatic carbocycles. The summed E-state index contributed by atoms with van der Waals surface area (Å²) in [6.07, 6.45) is 3.29. The van der Waals surface area contributed by atoms with E-state index in [0.717, 1.165) is 25.7 Å². The molecule has 0 bridgehead atoms. The maximum absolute atomic E-state index is 9.88. The Hall–Kier alpha value is -4.40. The minimum Gasteiger partial charge on any atom is -0.504 e. The monoisotopic (exact) mass is 574 g/mol. The van der Waals surface area contributed by atoms with Gasteiger partial charge < -0.3 is 40.1 Å². The summed E-state index contributed by atoms with van der Waals surface area (Å²) in [5.41, 5.74) is 3.54. The third-order valence-electron chi connectivity index (χ3n) is 7.34. The van der Waals surface area contributed by atoms with Crippen molar-refractivity contribution in [3.63, 3.8) is 0 Å². The van der Waals surface area contributed by atoms with Gasteiger partial charge in [0.1, 0.15) is 0 Å². The van der Waals surface area contributed by atoms with Crippen molar-refractivity contribution in [3.8, 4) is 34.5 Å². The summed E-state index contributed by atoms with van der Waals surface area (Å²) in [5, 5.41) is 58.5. The van der Waals surface area contributed by atoms with Crippen LogP contribution < -0.4 is 0 Å². The first-order valence-corrected chi connectivity index (χ1v) is 14.0. The van der Waals surface area contributed by atoms with Crippen molar-refractivity contribution in [2.75, 3.05) is 13.2 Å². The Morgan fingerprint density at radius 1 is 0.500 bits per heavy atom. The average molecular weight is 575 g/mol. The molecule has 0 unspecified atom stereocenters. The zero-order valence-corrected chi connectivity index (χ0v) is 23.4. The van der Waals surface area contributed by atoms with Crippen LogP contribution >= 0.6 is 0 Å². The number of phenolic OH excluding ortho intramolecular Hbond substituents is 6. The minimum absolute atomic E-state index is 0.151. The van der Waals surface area contributed by atoms with Gasteiger partial charge in [-0.3, -0.25) is 0 Å². The molecule has 0 amide bonds. The van der Waals surface area contributed by atoms with E-state index in [4.69, 9.17) is 9.47 Å². The smallest absolute Gasteiger partial charge is 0.200 e. The molecule has 0 spiro atoms. The molecule has 0 heterocycles. The number of rotatable bonds is 15. The van der Waals surface area contributed by atoms with Crippen molar-refractivity contribution in [1.29, 1.82) is 0 Å². The molecule has 8 nitrogen and oxygen atoms in total. The van der Waals surface area contributed by atoms with Gasteiger partial charge in [-0.25, -0.2) is 0 Å². The molecule has 0 aliphatic carbocycles. The van der Waals surface area contributed by atoms with Gasteiger partial charge in [0, 0.05) is 6.61 Å². The summed E-state index contributed by atoms with van der Waals surface area (Å²) in [4.78, 5) is 0. The molecule has 0 saturated carbocycles. The van der Waals surface area contributed by atoms with Crippen molar-refractivity contribution >= 4 is 0 Å². The minimum atomic E-state index is -0.551. The largest absolute Gasteiger partial charge is 0.504 e. The molecule has 6 N–H and O–H groups in total. The topological polar surface area (TPSA) is 140 Å². The number of benzene rings is 4. The highest BCUT2D eigenvalue weighted by Crippen LogP contribution is 2.37. The van der Waals surface area contributed by atoms with Gasteiger partial charge in [-0.15, -0.1) is 0 Å². The second-order valence-corrected chi connectivity index (χ2v) is 10.6. The predicted octanol–water partition coefficient (Wildman–Crippen LogP) is 6.15. The molecule has 0 aliphatic heterocycles. The first-order valence-electron chi connectivity index (χ1n) is 14.0. The molecular formula is C34H38O8. The van der Waals surface area contributed by atoms with Gasteiger partial charge in [0.15, 0.2) is 34.5 Å². The van der Waals surface area contributed by atoms with Gasteiger partial charge in [-0.1, -0.05) is 60.7 Å². The molecule has 222 valence electrons. The first kappa shape index (κ1) is 30.6. The van der Waals surface area contributed by atoms with Crippen LogP contribution in [0.2, 0.25) is 0 Å². The second kappa shape index (κ2) is 15.0. The standard InChI is InChI=1S/C34H38O8/c35-29-16-25(17-30(36)33(29)39)20-41-13-7-12-27(14-23-8-3-1-4-9-23)28(15-24-10-5-2-6-11-24)22-42-21-26-18-31(37)34(40)32(38)19-26/h1-6,8-11,16-19,27-28,35-40H,7,12-15,20-22H2/t27-,28+/m1/s1. The molecule has 0 aromatic heterocycles. The van der Waals surface area contributed by atoms with E-state index in [9.17, 15) is 30.6 Å². The van der Waals surface area contributed by atoms with Crippen LogP contribution in [-0.4, -0.2) is 43.9 Å². The van der Waals surface area contributed by atoms with Gasteiger partial charge in [-0.2, -0.15) is 0 Å². The van der Waals surface area contributed by atoms with Crippen LogP contribution in [0.1, 0.15) is 35.1 Å². The Labute approximate surface area is 245 Å². The van der Waals surface area contributed by atoms with Gasteiger partial charge in [-0.05, 0) is 84.0 Å². The van der Waals surface area contributed by atoms with Crippen LogP contribution in [0.25, 0.3) is 0 Å². The van der Waals surface area contributed by atoms with Crippen LogP contribution in [0, 0.1) is 11.8 Å². The lowest BCUT2D eigenvalue weighted by Gasteiger charge is -2.28. The Balaban J connectivity index is 1.43. The van der Waals surface area contributed by atoms with Crippen molar-refractivity contribution in [2.45, 2.75) is 38.9 Å². The molecule has 0 aliphatic rings. The summed E-state index contributed by atoms with van der Waals surface area (Å²) in [6, 6.07) is 26.1. The summed E-state index contributed by atoms with van der Waals surface area (Å²) < 4.78 is 12.0. The lowest BCUT2D eigenvalue weighted by Crippen LogP contribution is -2.25. The fraction of sp³-hybridized carbons (Fsp3) is 0.294. The van der Waals surface area contributed by atoms with Crippen LogP contribution in [0.3, 0.4) is 0 Å². The Morgan fingerprint density at radius 3 is 1.40 bits per heavy atom. The zero-order valence-electron chi connectivity index (χ0n) is 23.4. The molecule has 42 heavy (non-hydrogen) atoms. The van der Waals surface area contributed by atoms with Gasteiger partial charge in [0.2, 0.25) is 0 Å². The van der Waals surface area contributed by atoms with Crippen molar-refractivity contribution in [1.82, 2.24) is 0 Å². The summed E-state index contributed by atoms with van der Waals surface area (Å²) in [5.74, 6) is -2.27. The average Bonchev–Trinajstić information content (AvgIpc) is 2.98. The molecule has 8 heteroatoms. The molecule has 2 atom stereocenters. The van der Waals surface area contributed by atoms with Gasteiger partial charge in [0.25, 0.3) is 0 Å². The number of hydrogen-bond donors (Lipinski definition) is 6. The van der Waals surface area contributed by atoms with Crippen LogP contribution in [0.15, 0.2) is 84.9 Å².